The van der Waals surface area contributed by atoms with E-state index in [1.165, 1.54) is 0 Å². The number of hydrogen-bond donors (Lipinski definition) is 3. The maximum absolute atomic E-state index is 12.2. The molecule has 1 unspecified atom stereocenters. The Morgan fingerprint density at radius 1 is 1.29 bits per heavy atom. The first kappa shape index (κ1) is 15.7. The van der Waals surface area contributed by atoms with Crippen LogP contribution < -0.4 is 4.72 Å². The van der Waals surface area contributed by atoms with Crippen molar-refractivity contribution in [2.75, 3.05) is 0 Å². The average Bonchev–Trinajstić information content (AvgIpc) is 2.99. The van der Waals surface area contributed by atoms with Crippen molar-refractivity contribution in [3.05, 3.63) is 53.6 Å². The second kappa shape index (κ2) is 6.84. The third-order valence-corrected chi connectivity index (χ3v) is 4.50. The lowest BCUT2D eigenvalue weighted by atomic mass is 10.2. The van der Waals surface area contributed by atoms with Gasteiger partial charge in [0.2, 0.25) is 10.0 Å². The van der Waals surface area contributed by atoms with E-state index in [1.807, 2.05) is 6.92 Å². The number of aromatic amines is 1. The molecule has 2 aromatic rings. The highest BCUT2D eigenvalue weighted by Crippen LogP contribution is 2.15. The van der Waals surface area contributed by atoms with Gasteiger partial charge in [0.25, 0.3) is 0 Å². The topological polar surface area (TPSA) is 95.1 Å². The molecule has 7 heteroatoms. The molecular formula is C14H19N3O3S. The Morgan fingerprint density at radius 3 is 2.48 bits per heavy atom. The molecule has 0 fully saturated rings. The van der Waals surface area contributed by atoms with Crippen LogP contribution in [0, 0.1) is 0 Å². The minimum atomic E-state index is -3.46. The van der Waals surface area contributed by atoms with E-state index >= 15 is 0 Å². The van der Waals surface area contributed by atoms with Crippen molar-refractivity contribution in [2.45, 2.75) is 31.7 Å². The fourth-order valence-corrected chi connectivity index (χ4v) is 3.45. The molecule has 0 aliphatic rings. The summed E-state index contributed by atoms with van der Waals surface area (Å²) >= 11 is 0. The van der Waals surface area contributed by atoms with Crippen LogP contribution in [0.15, 0.2) is 36.7 Å². The summed E-state index contributed by atoms with van der Waals surface area (Å²) in [7, 11) is -3.46. The minimum absolute atomic E-state index is 0.0539. The van der Waals surface area contributed by atoms with Crippen molar-refractivity contribution in [1.29, 1.82) is 0 Å². The zero-order valence-corrected chi connectivity index (χ0v) is 12.6. The van der Waals surface area contributed by atoms with E-state index in [0.717, 1.165) is 5.56 Å². The first-order valence-corrected chi connectivity index (χ1v) is 8.37. The summed E-state index contributed by atoms with van der Waals surface area (Å²) in [6, 6.07) is 6.49. The van der Waals surface area contributed by atoms with Crippen LogP contribution in [0.1, 0.15) is 36.3 Å². The molecule has 3 N–H and O–H groups in total. The summed E-state index contributed by atoms with van der Waals surface area (Å²) in [5, 5.41) is 8.98. The summed E-state index contributed by atoms with van der Waals surface area (Å²) in [5.74, 6) is 0.507. The van der Waals surface area contributed by atoms with Gasteiger partial charge in [-0.15, -0.1) is 0 Å². The number of nitrogens with zero attached hydrogens (tertiary/aromatic N) is 1. The van der Waals surface area contributed by atoms with Gasteiger partial charge in [-0.3, -0.25) is 0 Å². The molecule has 1 aromatic carbocycles. The Labute approximate surface area is 124 Å². The predicted octanol–water partition coefficient (Wildman–Crippen LogP) is 1.47. The molecule has 6 nitrogen and oxygen atoms in total. The first-order valence-electron chi connectivity index (χ1n) is 6.72. The Hall–Kier alpha value is -1.70. The lowest BCUT2D eigenvalue weighted by Gasteiger charge is -2.15. The number of aliphatic hydroxyl groups is 1. The number of hydrogen-bond acceptors (Lipinski definition) is 4. The fourth-order valence-electron chi connectivity index (χ4n) is 2.02. The Balaban J connectivity index is 2.06. The maximum Gasteiger partial charge on any atom is 0.216 e. The Kier molecular flexibility index (Phi) is 5.11. The molecular weight excluding hydrogens is 290 g/mol. The fraction of sp³-hybridized carbons (Fsp3) is 0.357. The van der Waals surface area contributed by atoms with E-state index in [2.05, 4.69) is 14.7 Å². The van der Waals surface area contributed by atoms with Crippen LogP contribution in [0.3, 0.4) is 0 Å². The minimum Gasteiger partial charge on any atom is -0.392 e. The van der Waals surface area contributed by atoms with Gasteiger partial charge in [-0.2, -0.15) is 0 Å². The van der Waals surface area contributed by atoms with Crippen molar-refractivity contribution in [3.63, 3.8) is 0 Å². The number of H-pyrrole nitrogens is 1. The molecule has 21 heavy (non-hydrogen) atoms. The van der Waals surface area contributed by atoms with Crippen molar-refractivity contribution < 1.29 is 13.5 Å². The number of rotatable bonds is 7. The number of aliphatic hydroxyl groups excluding tert-OH is 1. The lowest BCUT2D eigenvalue weighted by Crippen LogP contribution is -2.30. The molecule has 114 valence electrons. The van der Waals surface area contributed by atoms with Crippen molar-refractivity contribution in [3.8, 4) is 0 Å². The third kappa shape index (κ3) is 4.38. The van der Waals surface area contributed by atoms with Gasteiger partial charge in [0.05, 0.1) is 18.4 Å². The summed E-state index contributed by atoms with van der Waals surface area (Å²) in [6.45, 7) is 1.84. The van der Waals surface area contributed by atoms with Crippen LogP contribution in [-0.4, -0.2) is 23.5 Å². The van der Waals surface area contributed by atoms with Crippen molar-refractivity contribution >= 4 is 10.0 Å². The summed E-state index contributed by atoms with van der Waals surface area (Å²) in [5.41, 5.74) is 1.43. The SMILES string of the molecule is CCC(NS(=O)(=O)Cc1ccc(CO)cc1)c1ncc[nH]1. The highest BCUT2D eigenvalue weighted by molar-refractivity contribution is 7.88. The first-order chi connectivity index (χ1) is 10.0. The molecule has 0 saturated heterocycles. The highest BCUT2D eigenvalue weighted by atomic mass is 32.2. The van der Waals surface area contributed by atoms with Crippen LogP contribution >= 0.6 is 0 Å². The number of sulfonamides is 1. The zero-order valence-electron chi connectivity index (χ0n) is 11.8. The smallest absolute Gasteiger partial charge is 0.216 e. The number of benzene rings is 1. The Bertz CT molecular complexity index is 651. The molecule has 0 saturated carbocycles. The third-order valence-electron chi connectivity index (χ3n) is 3.14. The largest absolute Gasteiger partial charge is 0.392 e. The van der Waals surface area contributed by atoms with Crippen LogP contribution in [0.5, 0.6) is 0 Å². The van der Waals surface area contributed by atoms with Gasteiger partial charge in [0.1, 0.15) is 5.82 Å². The van der Waals surface area contributed by atoms with Gasteiger partial charge in [-0.1, -0.05) is 31.2 Å². The molecule has 0 aliphatic carbocycles. The molecule has 0 amide bonds. The summed E-state index contributed by atoms with van der Waals surface area (Å²) < 4.78 is 27.1. The molecule has 0 spiro atoms. The monoisotopic (exact) mass is 309 g/mol. The van der Waals surface area contributed by atoms with Crippen molar-refractivity contribution in [2.24, 2.45) is 0 Å². The predicted molar refractivity (Wildman–Crippen MR) is 79.7 cm³/mol. The van der Waals surface area contributed by atoms with Crippen LogP contribution in [0.2, 0.25) is 0 Å². The standard InChI is InChI=1S/C14H19N3O3S/c1-2-13(14-15-7-8-16-14)17-21(19,20)10-12-5-3-11(9-18)4-6-12/h3-8,13,17-18H,2,9-10H2,1H3,(H,15,16). The van der Waals surface area contributed by atoms with Gasteiger partial charge in [-0.25, -0.2) is 18.1 Å². The highest BCUT2D eigenvalue weighted by Gasteiger charge is 2.20. The second-order valence-corrected chi connectivity index (χ2v) is 6.54. The lowest BCUT2D eigenvalue weighted by molar-refractivity contribution is 0.282. The molecule has 0 bridgehead atoms. The van der Waals surface area contributed by atoms with E-state index < -0.39 is 10.0 Å². The van der Waals surface area contributed by atoms with Gasteiger partial charge >= 0.3 is 0 Å². The van der Waals surface area contributed by atoms with E-state index in [0.29, 0.717) is 17.8 Å². The second-order valence-electron chi connectivity index (χ2n) is 4.79. The van der Waals surface area contributed by atoms with Gasteiger partial charge in [0.15, 0.2) is 0 Å². The maximum atomic E-state index is 12.2. The quantitative estimate of drug-likeness (QED) is 0.722. The van der Waals surface area contributed by atoms with Crippen LogP contribution in [0.4, 0.5) is 0 Å². The van der Waals surface area contributed by atoms with E-state index in [4.69, 9.17) is 5.11 Å². The average molecular weight is 309 g/mol. The molecule has 1 heterocycles. The Morgan fingerprint density at radius 2 is 1.95 bits per heavy atom. The van der Waals surface area contributed by atoms with E-state index in [-0.39, 0.29) is 18.4 Å². The number of imidazole rings is 1. The summed E-state index contributed by atoms with van der Waals surface area (Å²) in [4.78, 5) is 7.01. The molecule has 2 rings (SSSR count). The van der Waals surface area contributed by atoms with E-state index in [1.54, 1.807) is 36.7 Å². The molecule has 0 radical (unpaired) electrons. The van der Waals surface area contributed by atoms with Gasteiger partial charge in [-0.05, 0) is 17.5 Å². The van der Waals surface area contributed by atoms with Crippen LogP contribution in [-0.2, 0) is 22.4 Å². The van der Waals surface area contributed by atoms with Crippen molar-refractivity contribution in [1.82, 2.24) is 14.7 Å². The molecule has 0 aliphatic heterocycles. The molecule has 1 aromatic heterocycles. The van der Waals surface area contributed by atoms with Crippen LogP contribution in [0.25, 0.3) is 0 Å². The zero-order chi connectivity index (χ0) is 15.3. The van der Waals surface area contributed by atoms with Gasteiger partial charge in [0, 0.05) is 12.4 Å². The van der Waals surface area contributed by atoms with Gasteiger partial charge < -0.3 is 10.1 Å². The molecule has 1 atom stereocenters. The summed E-state index contributed by atoms with van der Waals surface area (Å²) in [6.07, 6.45) is 3.87. The number of nitrogens with one attached hydrogen (secondary N) is 2. The van der Waals surface area contributed by atoms with E-state index in [9.17, 15) is 8.42 Å². The normalized spacial score (nSPS) is 13.2. The number of aromatic nitrogens is 2.